The maximum absolute atomic E-state index is 12.9. The molecule has 0 atom stereocenters. The first kappa shape index (κ1) is 16.1. The number of benzene rings is 1. The van der Waals surface area contributed by atoms with Crippen LogP contribution in [0.5, 0.6) is 0 Å². The number of rotatable bonds is 7. The van der Waals surface area contributed by atoms with Gasteiger partial charge in [-0.15, -0.1) is 5.10 Å². The zero-order valence-electron chi connectivity index (χ0n) is 12.7. The van der Waals surface area contributed by atoms with E-state index in [4.69, 9.17) is 4.74 Å². The SMILES string of the molecule is COCCCCNC(=O)c1nc(C)n(-c2ccc(F)cc2)n1. The van der Waals surface area contributed by atoms with E-state index in [9.17, 15) is 9.18 Å². The fraction of sp³-hybridized carbons (Fsp3) is 0.400. The molecule has 0 bridgehead atoms. The van der Waals surface area contributed by atoms with Gasteiger partial charge >= 0.3 is 0 Å². The second-order valence-electron chi connectivity index (χ2n) is 4.83. The Morgan fingerprint density at radius 3 is 2.73 bits per heavy atom. The van der Waals surface area contributed by atoms with Crippen molar-refractivity contribution in [3.63, 3.8) is 0 Å². The number of hydrogen-bond acceptors (Lipinski definition) is 4. The lowest BCUT2D eigenvalue weighted by Crippen LogP contribution is -2.26. The van der Waals surface area contributed by atoms with Crippen molar-refractivity contribution in [2.45, 2.75) is 19.8 Å². The third-order valence-corrected chi connectivity index (χ3v) is 3.10. The van der Waals surface area contributed by atoms with Crippen molar-refractivity contribution < 1.29 is 13.9 Å². The van der Waals surface area contributed by atoms with Gasteiger partial charge in [0, 0.05) is 20.3 Å². The Labute approximate surface area is 128 Å². The van der Waals surface area contributed by atoms with Gasteiger partial charge in [0.05, 0.1) is 5.69 Å². The maximum Gasteiger partial charge on any atom is 0.290 e. The number of hydrogen-bond donors (Lipinski definition) is 1. The third kappa shape index (κ3) is 4.11. The molecule has 1 aromatic heterocycles. The molecule has 0 radical (unpaired) electrons. The standard InChI is InChI=1S/C15H19FN4O2/c1-11-18-14(15(21)17-9-3-4-10-22-2)19-20(11)13-7-5-12(16)6-8-13/h5-8H,3-4,9-10H2,1-2H3,(H,17,21). The van der Waals surface area contributed by atoms with Crippen LogP contribution in [0.2, 0.25) is 0 Å². The van der Waals surface area contributed by atoms with E-state index >= 15 is 0 Å². The second kappa shape index (κ2) is 7.65. The van der Waals surface area contributed by atoms with Crippen LogP contribution in [-0.2, 0) is 4.74 Å². The van der Waals surface area contributed by atoms with Crippen LogP contribution in [0.4, 0.5) is 4.39 Å². The number of aromatic nitrogens is 3. The molecular formula is C15H19FN4O2. The van der Waals surface area contributed by atoms with Gasteiger partial charge in [-0.2, -0.15) is 0 Å². The molecule has 1 amide bonds. The van der Waals surface area contributed by atoms with Crippen LogP contribution in [0.1, 0.15) is 29.3 Å². The third-order valence-electron chi connectivity index (χ3n) is 3.10. The average Bonchev–Trinajstić information content (AvgIpc) is 2.90. The molecule has 118 valence electrons. The summed E-state index contributed by atoms with van der Waals surface area (Å²) in [5.74, 6) is 0.0293. The van der Waals surface area contributed by atoms with Gasteiger partial charge in [0.1, 0.15) is 11.6 Å². The summed E-state index contributed by atoms with van der Waals surface area (Å²) in [6.07, 6.45) is 1.71. The number of halogens is 1. The summed E-state index contributed by atoms with van der Waals surface area (Å²) in [4.78, 5) is 16.1. The number of amides is 1. The van der Waals surface area contributed by atoms with Crippen LogP contribution >= 0.6 is 0 Å². The van der Waals surface area contributed by atoms with Crippen molar-refractivity contribution in [3.8, 4) is 5.69 Å². The Kier molecular flexibility index (Phi) is 5.60. The van der Waals surface area contributed by atoms with Crippen molar-refractivity contribution >= 4 is 5.91 Å². The molecule has 0 aliphatic heterocycles. The monoisotopic (exact) mass is 306 g/mol. The van der Waals surface area contributed by atoms with Gasteiger partial charge < -0.3 is 10.1 Å². The molecular weight excluding hydrogens is 287 g/mol. The zero-order chi connectivity index (χ0) is 15.9. The van der Waals surface area contributed by atoms with Crippen LogP contribution in [0.25, 0.3) is 5.69 Å². The maximum atomic E-state index is 12.9. The lowest BCUT2D eigenvalue weighted by molar-refractivity contribution is 0.0941. The Balaban J connectivity index is 1.99. The minimum Gasteiger partial charge on any atom is -0.385 e. The highest BCUT2D eigenvalue weighted by atomic mass is 19.1. The summed E-state index contributed by atoms with van der Waals surface area (Å²) in [6.45, 7) is 2.96. The van der Waals surface area contributed by atoms with E-state index in [0.717, 1.165) is 12.8 Å². The van der Waals surface area contributed by atoms with Crippen LogP contribution in [0, 0.1) is 12.7 Å². The lowest BCUT2D eigenvalue weighted by atomic mass is 10.3. The second-order valence-corrected chi connectivity index (χ2v) is 4.83. The molecule has 2 aromatic rings. The summed E-state index contributed by atoms with van der Waals surface area (Å²) >= 11 is 0. The molecule has 1 aromatic carbocycles. The Bertz CT molecular complexity index is 625. The van der Waals surface area contributed by atoms with Gasteiger partial charge in [0.25, 0.3) is 5.91 Å². The predicted molar refractivity (Wildman–Crippen MR) is 79.5 cm³/mol. The Morgan fingerprint density at radius 1 is 1.32 bits per heavy atom. The fourth-order valence-electron chi connectivity index (χ4n) is 1.97. The smallest absolute Gasteiger partial charge is 0.290 e. The van der Waals surface area contributed by atoms with Crippen LogP contribution < -0.4 is 5.32 Å². The van der Waals surface area contributed by atoms with Gasteiger partial charge in [-0.05, 0) is 44.0 Å². The minimum absolute atomic E-state index is 0.105. The molecule has 22 heavy (non-hydrogen) atoms. The summed E-state index contributed by atoms with van der Waals surface area (Å²) in [5.41, 5.74) is 0.658. The van der Waals surface area contributed by atoms with Gasteiger partial charge in [-0.25, -0.2) is 14.1 Å². The number of ether oxygens (including phenoxy) is 1. The Hall–Kier alpha value is -2.28. The average molecular weight is 306 g/mol. The van der Waals surface area contributed by atoms with Gasteiger partial charge in [-0.3, -0.25) is 4.79 Å². The number of unbranched alkanes of at least 4 members (excludes halogenated alkanes) is 1. The summed E-state index contributed by atoms with van der Waals surface area (Å²) in [6, 6.07) is 5.85. The summed E-state index contributed by atoms with van der Waals surface area (Å²) in [7, 11) is 1.65. The molecule has 0 saturated heterocycles. The first-order chi connectivity index (χ1) is 10.6. The van der Waals surface area contributed by atoms with E-state index in [1.54, 1.807) is 26.2 Å². The highest BCUT2D eigenvalue weighted by Crippen LogP contribution is 2.10. The van der Waals surface area contributed by atoms with Crippen molar-refractivity contribution in [3.05, 3.63) is 41.7 Å². The van der Waals surface area contributed by atoms with Crippen LogP contribution in [-0.4, -0.2) is 40.9 Å². The van der Waals surface area contributed by atoms with E-state index in [2.05, 4.69) is 15.4 Å². The number of carbonyl (C=O) groups excluding carboxylic acids is 1. The van der Waals surface area contributed by atoms with E-state index in [-0.39, 0.29) is 17.5 Å². The van der Waals surface area contributed by atoms with Gasteiger partial charge in [0.15, 0.2) is 0 Å². The number of carbonyl (C=O) groups is 1. The van der Waals surface area contributed by atoms with E-state index in [1.807, 2.05) is 0 Å². The largest absolute Gasteiger partial charge is 0.385 e. The first-order valence-corrected chi connectivity index (χ1v) is 7.08. The Morgan fingerprint density at radius 2 is 2.05 bits per heavy atom. The molecule has 2 rings (SSSR count). The van der Waals surface area contributed by atoms with Gasteiger partial charge in [-0.1, -0.05) is 0 Å². The summed E-state index contributed by atoms with van der Waals surface area (Å²) < 4.78 is 19.4. The highest BCUT2D eigenvalue weighted by molar-refractivity contribution is 5.90. The van der Waals surface area contributed by atoms with Crippen LogP contribution in [0.3, 0.4) is 0 Å². The summed E-state index contributed by atoms with van der Waals surface area (Å²) in [5, 5.41) is 6.94. The molecule has 0 fully saturated rings. The lowest BCUT2D eigenvalue weighted by Gasteiger charge is -2.02. The van der Waals surface area contributed by atoms with Crippen LogP contribution in [0.15, 0.2) is 24.3 Å². The molecule has 6 nitrogen and oxygen atoms in total. The van der Waals surface area contributed by atoms with Crippen molar-refractivity contribution in [2.24, 2.45) is 0 Å². The van der Waals surface area contributed by atoms with E-state index in [0.29, 0.717) is 24.7 Å². The van der Waals surface area contributed by atoms with E-state index in [1.165, 1.54) is 16.8 Å². The van der Waals surface area contributed by atoms with Gasteiger partial charge in [0.2, 0.25) is 5.82 Å². The molecule has 0 saturated carbocycles. The zero-order valence-corrected chi connectivity index (χ0v) is 12.7. The highest BCUT2D eigenvalue weighted by Gasteiger charge is 2.14. The quantitative estimate of drug-likeness (QED) is 0.793. The predicted octanol–water partition coefficient (Wildman–Crippen LogP) is 1.87. The normalized spacial score (nSPS) is 10.7. The van der Waals surface area contributed by atoms with Crippen molar-refractivity contribution in [1.82, 2.24) is 20.1 Å². The molecule has 0 unspecified atom stereocenters. The van der Waals surface area contributed by atoms with E-state index < -0.39 is 0 Å². The minimum atomic E-state index is -0.324. The number of nitrogens with one attached hydrogen (secondary N) is 1. The first-order valence-electron chi connectivity index (χ1n) is 7.08. The molecule has 7 heteroatoms. The molecule has 1 N–H and O–H groups in total. The molecule has 1 heterocycles. The van der Waals surface area contributed by atoms with Crippen molar-refractivity contribution in [1.29, 1.82) is 0 Å². The number of nitrogens with zero attached hydrogens (tertiary/aromatic N) is 3. The number of aryl methyl sites for hydroxylation is 1. The molecule has 0 spiro atoms. The topological polar surface area (TPSA) is 69.0 Å². The fourth-order valence-corrected chi connectivity index (χ4v) is 1.97. The molecule has 0 aliphatic carbocycles. The number of methoxy groups -OCH3 is 1. The molecule has 0 aliphatic rings. The van der Waals surface area contributed by atoms with Crippen molar-refractivity contribution in [2.75, 3.05) is 20.3 Å².